The Bertz CT molecular complexity index is 547. The van der Waals surface area contributed by atoms with Crippen molar-refractivity contribution in [2.24, 2.45) is 9.98 Å². The van der Waals surface area contributed by atoms with E-state index >= 15 is 0 Å². The van der Waals surface area contributed by atoms with Crippen LogP contribution in [0, 0.1) is 17.6 Å². The van der Waals surface area contributed by atoms with Gasteiger partial charge in [-0.2, -0.15) is 15.2 Å². The quantitative estimate of drug-likeness (QED) is 0.357. The van der Waals surface area contributed by atoms with Gasteiger partial charge in [0.2, 0.25) is 0 Å². The lowest BCUT2D eigenvalue weighted by atomic mass is 10.2. The van der Waals surface area contributed by atoms with Crippen molar-refractivity contribution in [3.63, 3.8) is 0 Å². The van der Waals surface area contributed by atoms with Gasteiger partial charge in [0.05, 0.1) is 26.6 Å². The Morgan fingerprint density at radius 1 is 1.19 bits per heavy atom. The molecule has 0 aliphatic heterocycles. The number of hydrogen-bond donors (Lipinski definition) is 0. The molecule has 0 aliphatic carbocycles. The van der Waals surface area contributed by atoms with Gasteiger partial charge in [-0.25, -0.2) is 0 Å². The molecular formula is C10H5N3S3. The van der Waals surface area contributed by atoms with Gasteiger partial charge >= 0.3 is 0 Å². The van der Waals surface area contributed by atoms with Crippen LogP contribution in [0.5, 0.6) is 0 Å². The number of thiocyanates is 1. The van der Waals surface area contributed by atoms with Crippen molar-refractivity contribution < 1.29 is 0 Å². The molecule has 0 radical (unpaired) electrons. The monoisotopic (exact) mass is 263 g/mol. The highest BCUT2D eigenvalue weighted by molar-refractivity contribution is 8.03. The van der Waals surface area contributed by atoms with Crippen molar-refractivity contribution >= 4 is 57.9 Å². The molecule has 0 heterocycles. The zero-order valence-corrected chi connectivity index (χ0v) is 10.7. The molecule has 1 aromatic carbocycles. The third-order valence-corrected chi connectivity index (χ3v) is 2.59. The Balaban J connectivity index is 3.42. The molecule has 0 bridgehead atoms. The summed E-state index contributed by atoms with van der Waals surface area (Å²) >= 11 is 10.1. The summed E-state index contributed by atoms with van der Waals surface area (Å²) in [6, 6.07) is 3.51. The lowest BCUT2D eigenvalue weighted by molar-refractivity contribution is 1.31. The maximum atomic E-state index is 8.66. The van der Waals surface area contributed by atoms with E-state index in [1.807, 2.05) is 12.3 Å². The van der Waals surface area contributed by atoms with Crippen molar-refractivity contribution in [3.8, 4) is 5.40 Å². The van der Waals surface area contributed by atoms with Crippen LogP contribution in [-0.4, -0.2) is 10.3 Å². The van der Waals surface area contributed by atoms with Gasteiger partial charge in [0.1, 0.15) is 5.40 Å². The molecule has 6 heteroatoms. The van der Waals surface area contributed by atoms with E-state index in [-0.39, 0.29) is 0 Å². The summed E-state index contributed by atoms with van der Waals surface area (Å²) in [5, 5.41) is 15.2. The molecule has 1 rings (SSSR count). The molecule has 78 valence electrons. The Morgan fingerprint density at radius 3 is 2.38 bits per heavy atom. The van der Waals surface area contributed by atoms with E-state index in [4.69, 9.17) is 5.26 Å². The Hall–Kier alpha value is -1.34. The maximum Gasteiger partial charge on any atom is 0.138 e. The summed E-state index contributed by atoms with van der Waals surface area (Å²) in [5.41, 5.74) is 2.18. The number of aliphatic imine (C=N–C) groups is 2. The first kappa shape index (κ1) is 12.7. The second-order valence-corrected chi connectivity index (χ2v) is 3.90. The van der Waals surface area contributed by atoms with Crippen LogP contribution in [0.1, 0.15) is 5.56 Å². The Morgan fingerprint density at radius 2 is 1.81 bits per heavy atom. The van der Waals surface area contributed by atoms with Gasteiger partial charge in [-0.1, -0.05) is 0 Å². The number of thioether (sulfide) groups is 1. The number of nitrogens with zero attached hydrogens (tertiary/aromatic N) is 3. The van der Waals surface area contributed by atoms with Gasteiger partial charge in [-0.05, 0) is 60.8 Å². The van der Waals surface area contributed by atoms with Crippen molar-refractivity contribution in [3.05, 3.63) is 17.7 Å². The van der Waals surface area contributed by atoms with Gasteiger partial charge in [0.25, 0.3) is 0 Å². The van der Waals surface area contributed by atoms with Crippen LogP contribution < -0.4 is 0 Å². The molecule has 0 aliphatic rings. The van der Waals surface area contributed by atoms with Crippen LogP contribution in [0.2, 0.25) is 0 Å². The minimum absolute atomic E-state index is 0.613. The smallest absolute Gasteiger partial charge is 0.138 e. The first-order valence-corrected chi connectivity index (χ1v) is 5.72. The average Bonchev–Trinajstić information content (AvgIpc) is 2.25. The lowest BCUT2D eigenvalue weighted by Crippen LogP contribution is -1.78. The molecular weight excluding hydrogens is 258 g/mol. The van der Waals surface area contributed by atoms with Crippen LogP contribution in [0.25, 0.3) is 0 Å². The molecule has 0 spiro atoms. The third kappa shape index (κ3) is 3.07. The second kappa shape index (κ2) is 6.29. The lowest BCUT2D eigenvalue weighted by Gasteiger charge is -2.04. The molecule has 0 aromatic heterocycles. The van der Waals surface area contributed by atoms with Crippen molar-refractivity contribution in [2.75, 3.05) is 0 Å². The normalized spacial score (nSPS) is 8.50. The maximum absolute atomic E-state index is 8.66. The third-order valence-electron chi connectivity index (χ3n) is 1.77. The van der Waals surface area contributed by atoms with E-state index in [1.54, 1.807) is 12.1 Å². The Labute approximate surface area is 108 Å². The molecule has 0 saturated heterocycles. The second-order valence-electron chi connectivity index (χ2n) is 2.71. The number of isothiocyanates is 2. The minimum Gasteiger partial charge on any atom is -0.194 e. The fourth-order valence-electron chi connectivity index (χ4n) is 1.10. The largest absolute Gasteiger partial charge is 0.194 e. The fourth-order valence-corrected chi connectivity index (χ4v) is 1.77. The summed E-state index contributed by atoms with van der Waals surface area (Å²) in [6.07, 6.45) is 0. The SMILES string of the molecule is Cc1cc(N=C=S)c(SC#N)cc1N=C=S. The topological polar surface area (TPSA) is 48.5 Å². The van der Waals surface area contributed by atoms with Crippen LogP contribution >= 0.6 is 36.2 Å². The molecule has 0 atom stereocenters. The number of nitriles is 1. The summed E-state index contributed by atoms with van der Waals surface area (Å²) in [7, 11) is 0. The highest BCUT2D eigenvalue weighted by atomic mass is 32.2. The zero-order valence-electron chi connectivity index (χ0n) is 8.22. The first-order chi connectivity index (χ1) is 7.72. The zero-order chi connectivity index (χ0) is 12.0. The van der Waals surface area contributed by atoms with Gasteiger partial charge in [-0.15, -0.1) is 0 Å². The number of aryl methyl sites for hydroxylation is 1. The van der Waals surface area contributed by atoms with Crippen molar-refractivity contribution in [1.82, 2.24) is 0 Å². The van der Waals surface area contributed by atoms with Crippen LogP contribution in [0.4, 0.5) is 11.4 Å². The highest BCUT2D eigenvalue weighted by Crippen LogP contribution is 2.34. The first-order valence-electron chi connectivity index (χ1n) is 4.09. The predicted octanol–water partition coefficient (Wildman–Crippen LogP) is 4.04. The molecule has 0 unspecified atom stereocenters. The predicted molar refractivity (Wildman–Crippen MR) is 72.0 cm³/mol. The van der Waals surface area contributed by atoms with E-state index in [0.717, 1.165) is 17.3 Å². The number of rotatable bonds is 3. The summed E-state index contributed by atoms with van der Waals surface area (Å²) < 4.78 is 0. The van der Waals surface area contributed by atoms with Gasteiger partial charge in [0, 0.05) is 0 Å². The van der Waals surface area contributed by atoms with Gasteiger partial charge < -0.3 is 0 Å². The summed E-state index contributed by atoms with van der Waals surface area (Å²) in [6.45, 7) is 1.87. The molecule has 0 saturated carbocycles. The standard InChI is InChI=1S/C10H5N3S3/c1-7-2-9(13-6-15)10(16-4-11)3-8(7)12-5-14/h2-3H,1H3. The van der Waals surface area contributed by atoms with Crippen LogP contribution in [-0.2, 0) is 0 Å². The molecule has 0 amide bonds. The van der Waals surface area contributed by atoms with Crippen LogP contribution in [0.15, 0.2) is 27.0 Å². The number of hydrogen-bond acceptors (Lipinski definition) is 6. The highest BCUT2D eigenvalue weighted by Gasteiger charge is 2.06. The van der Waals surface area contributed by atoms with E-state index in [9.17, 15) is 0 Å². The van der Waals surface area contributed by atoms with E-state index in [0.29, 0.717) is 16.3 Å². The number of thiocarbonyl (C=S) groups is 2. The van der Waals surface area contributed by atoms with E-state index in [1.165, 1.54) is 0 Å². The average molecular weight is 263 g/mol. The number of benzene rings is 1. The molecule has 0 fully saturated rings. The van der Waals surface area contributed by atoms with Gasteiger partial charge in [-0.3, -0.25) is 0 Å². The molecule has 3 nitrogen and oxygen atoms in total. The van der Waals surface area contributed by atoms with Crippen molar-refractivity contribution in [2.45, 2.75) is 11.8 Å². The molecule has 16 heavy (non-hydrogen) atoms. The van der Waals surface area contributed by atoms with Gasteiger partial charge in [0.15, 0.2) is 0 Å². The summed E-state index contributed by atoms with van der Waals surface area (Å²) in [5.74, 6) is 0. The Kier molecular flexibility index (Phi) is 5.00. The minimum atomic E-state index is 0.613. The fraction of sp³-hybridized carbons (Fsp3) is 0.100. The van der Waals surface area contributed by atoms with Crippen molar-refractivity contribution in [1.29, 1.82) is 5.26 Å². The molecule has 1 aromatic rings. The summed E-state index contributed by atoms with van der Waals surface area (Å²) in [4.78, 5) is 8.47. The van der Waals surface area contributed by atoms with E-state index in [2.05, 4.69) is 44.7 Å². The van der Waals surface area contributed by atoms with E-state index < -0.39 is 0 Å². The molecule has 0 N–H and O–H groups in total. The van der Waals surface area contributed by atoms with Crippen LogP contribution in [0.3, 0.4) is 0 Å².